The van der Waals surface area contributed by atoms with E-state index in [2.05, 4.69) is 32.2 Å². The van der Waals surface area contributed by atoms with Gasteiger partial charge in [-0.1, -0.05) is 103 Å². The van der Waals surface area contributed by atoms with Crippen molar-refractivity contribution in [3.8, 4) is 0 Å². The van der Waals surface area contributed by atoms with E-state index >= 15 is 0 Å². The molecule has 1 unspecified atom stereocenters. The predicted octanol–water partition coefficient (Wildman–Crippen LogP) is 9.34. The highest BCUT2D eigenvalue weighted by Crippen LogP contribution is 2.34. The second-order valence-electron chi connectivity index (χ2n) is 8.58. The normalized spacial score (nSPS) is 13.8. The molecule has 0 radical (unpaired) electrons. The van der Waals surface area contributed by atoms with Crippen molar-refractivity contribution in [3.63, 3.8) is 0 Å². The zero-order valence-corrected chi connectivity index (χ0v) is 21.1. The Morgan fingerprint density at radius 2 is 0.741 bits per heavy atom. The lowest BCUT2D eigenvalue weighted by molar-refractivity contribution is 0.419. The lowest BCUT2D eigenvalue weighted by atomic mass is 9.89. The van der Waals surface area contributed by atoms with Crippen LogP contribution in [0, 0.1) is 0 Å². The fourth-order valence-electron chi connectivity index (χ4n) is 4.09. The average Bonchev–Trinajstić information content (AvgIpc) is 2.66. The van der Waals surface area contributed by atoms with Gasteiger partial charge in [-0.3, -0.25) is 0 Å². The Bertz CT molecular complexity index is 283. The molecule has 3 heteroatoms. The molecule has 164 valence electrons. The third-order valence-electron chi connectivity index (χ3n) is 5.82. The molecule has 0 saturated carbocycles. The number of rotatable bonds is 22. The van der Waals surface area contributed by atoms with Crippen molar-refractivity contribution in [2.45, 2.75) is 140 Å². The van der Waals surface area contributed by atoms with E-state index in [1.165, 1.54) is 128 Å². The Kier molecular flexibility index (Phi) is 22.6. The van der Waals surface area contributed by atoms with E-state index < -0.39 is 0 Å². The van der Waals surface area contributed by atoms with E-state index in [0.717, 1.165) is 11.5 Å². The van der Waals surface area contributed by atoms with Gasteiger partial charge in [0.05, 0.1) is 0 Å². The van der Waals surface area contributed by atoms with Crippen LogP contribution < -0.4 is 0 Å². The first-order valence-corrected chi connectivity index (χ1v) is 13.8. The van der Waals surface area contributed by atoms with Crippen molar-refractivity contribution < 1.29 is 0 Å². The Morgan fingerprint density at radius 1 is 0.444 bits per heavy atom. The minimum absolute atomic E-state index is 0.312. The Labute approximate surface area is 189 Å². The summed E-state index contributed by atoms with van der Waals surface area (Å²) in [5.74, 6) is 2.10. The van der Waals surface area contributed by atoms with Gasteiger partial charge in [0, 0.05) is 4.75 Å². The molecular weight excluding hydrogens is 384 g/mol. The van der Waals surface area contributed by atoms with Crippen molar-refractivity contribution in [2.75, 3.05) is 11.5 Å². The minimum atomic E-state index is 0.312. The van der Waals surface area contributed by atoms with Crippen LogP contribution in [-0.4, -0.2) is 16.3 Å². The molecule has 1 atom stereocenters. The predicted molar refractivity (Wildman–Crippen MR) is 137 cm³/mol. The van der Waals surface area contributed by atoms with E-state index in [1.807, 2.05) is 0 Å². The zero-order chi connectivity index (χ0) is 20.1. The summed E-state index contributed by atoms with van der Waals surface area (Å²) in [4.78, 5) is 0. The monoisotopic (exact) mass is 434 g/mol. The molecule has 0 spiro atoms. The van der Waals surface area contributed by atoms with Crippen LogP contribution in [-0.2, 0) is 0 Å². The minimum Gasteiger partial charge on any atom is -0.179 e. The fraction of sp³-hybridized carbons (Fsp3) is 1.00. The molecule has 0 nitrogen and oxygen atoms in total. The van der Waals surface area contributed by atoms with Gasteiger partial charge in [0.15, 0.2) is 0 Å². The molecule has 0 rings (SSSR count). The quantitative estimate of drug-likeness (QED) is 0.110. The Morgan fingerprint density at radius 3 is 1.04 bits per heavy atom. The van der Waals surface area contributed by atoms with E-state index in [9.17, 15) is 0 Å². The summed E-state index contributed by atoms with van der Waals surface area (Å²) >= 11 is 13.7. The third kappa shape index (κ3) is 20.1. The van der Waals surface area contributed by atoms with Crippen molar-refractivity contribution >= 4 is 37.9 Å². The van der Waals surface area contributed by atoms with Crippen LogP contribution in [0.5, 0.6) is 0 Å². The molecule has 0 aliphatic heterocycles. The summed E-state index contributed by atoms with van der Waals surface area (Å²) in [6.45, 7) is 2.32. The Balaban J connectivity index is 3.60. The molecule has 0 saturated heterocycles. The molecule has 0 aliphatic rings. The van der Waals surface area contributed by atoms with Gasteiger partial charge in [0.2, 0.25) is 0 Å². The molecule has 0 aromatic heterocycles. The highest BCUT2D eigenvalue weighted by Gasteiger charge is 2.23. The summed E-state index contributed by atoms with van der Waals surface area (Å²) in [5, 5.41) is 0. The summed E-state index contributed by atoms with van der Waals surface area (Å²) in [7, 11) is 0. The topological polar surface area (TPSA) is 0 Å². The van der Waals surface area contributed by atoms with Crippen LogP contribution in [0.15, 0.2) is 0 Å². The number of hydrogen-bond acceptors (Lipinski definition) is 3. The van der Waals surface area contributed by atoms with Crippen LogP contribution in [0.2, 0.25) is 0 Å². The SMILES string of the molecule is CCCC(S)(CCCCCCCCS)CCCCCCCCCCCCS. The highest BCUT2D eigenvalue weighted by molar-refractivity contribution is 7.81. The highest BCUT2D eigenvalue weighted by atomic mass is 32.1. The summed E-state index contributed by atoms with van der Waals surface area (Å²) in [5.41, 5.74) is 0. The first-order chi connectivity index (χ1) is 13.2. The number of thiol groups is 3. The van der Waals surface area contributed by atoms with Crippen molar-refractivity contribution in [1.29, 1.82) is 0 Å². The van der Waals surface area contributed by atoms with Gasteiger partial charge in [0.25, 0.3) is 0 Å². The van der Waals surface area contributed by atoms with Gasteiger partial charge in [-0.05, 0) is 43.6 Å². The van der Waals surface area contributed by atoms with Crippen LogP contribution in [0.25, 0.3) is 0 Å². The molecule has 0 aromatic carbocycles. The van der Waals surface area contributed by atoms with Gasteiger partial charge < -0.3 is 0 Å². The molecule has 27 heavy (non-hydrogen) atoms. The average molecular weight is 435 g/mol. The van der Waals surface area contributed by atoms with Crippen molar-refractivity contribution in [2.24, 2.45) is 0 Å². The van der Waals surface area contributed by atoms with E-state index in [-0.39, 0.29) is 0 Å². The number of unbranched alkanes of at least 4 members (excludes halogenated alkanes) is 14. The van der Waals surface area contributed by atoms with Gasteiger partial charge in [-0.25, -0.2) is 0 Å². The molecule has 0 bridgehead atoms. The maximum atomic E-state index is 5.14. The first-order valence-electron chi connectivity index (χ1n) is 12.1. The smallest absolute Gasteiger partial charge is 0.0129 e. The van der Waals surface area contributed by atoms with Crippen molar-refractivity contribution in [3.05, 3.63) is 0 Å². The molecule has 0 aromatic rings. The lowest BCUT2D eigenvalue weighted by Crippen LogP contribution is -2.21. The summed E-state index contributed by atoms with van der Waals surface area (Å²) in [6, 6.07) is 0. The summed E-state index contributed by atoms with van der Waals surface area (Å²) < 4.78 is 0.312. The standard InChI is InChI=1S/C24H50S3/c1-2-19-24(27,21-16-12-8-10-14-18-23-26)20-15-11-7-5-3-4-6-9-13-17-22-25/h25-27H,2-23H2,1H3. The fourth-order valence-corrected chi connectivity index (χ4v) is 5.08. The lowest BCUT2D eigenvalue weighted by Gasteiger charge is -2.28. The van der Waals surface area contributed by atoms with Gasteiger partial charge in [0.1, 0.15) is 0 Å². The first kappa shape index (κ1) is 28.1. The van der Waals surface area contributed by atoms with E-state index in [1.54, 1.807) is 0 Å². The molecule has 0 aliphatic carbocycles. The molecule has 0 amide bonds. The largest absolute Gasteiger partial charge is 0.179 e. The number of hydrogen-bond donors (Lipinski definition) is 3. The van der Waals surface area contributed by atoms with Gasteiger partial charge in [-0.2, -0.15) is 37.9 Å². The Hall–Kier alpha value is 1.05. The molecule has 0 fully saturated rings. The van der Waals surface area contributed by atoms with E-state index in [0.29, 0.717) is 4.75 Å². The molecular formula is C24H50S3. The molecule has 0 N–H and O–H groups in total. The third-order valence-corrected chi connectivity index (χ3v) is 7.12. The van der Waals surface area contributed by atoms with Gasteiger partial charge in [-0.15, -0.1) is 0 Å². The van der Waals surface area contributed by atoms with Crippen LogP contribution >= 0.6 is 37.9 Å². The van der Waals surface area contributed by atoms with Crippen LogP contribution in [0.4, 0.5) is 0 Å². The van der Waals surface area contributed by atoms with Crippen LogP contribution in [0.1, 0.15) is 135 Å². The maximum Gasteiger partial charge on any atom is 0.0129 e. The van der Waals surface area contributed by atoms with Crippen LogP contribution in [0.3, 0.4) is 0 Å². The van der Waals surface area contributed by atoms with Crippen molar-refractivity contribution in [1.82, 2.24) is 0 Å². The second-order valence-corrected chi connectivity index (χ2v) is 10.4. The summed E-state index contributed by atoms with van der Waals surface area (Å²) in [6.07, 6.45) is 27.5. The van der Waals surface area contributed by atoms with E-state index in [4.69, 9.17) is 12.6 Å². The maximum absolute atomic E-state index is 5.14. The second kappa shape index (κ2) is 21.8. The van der Waals surface area contributed by atoms with Gasteiger partial charge >= 0.3 is 0 Å². The zero-order valence-electron chi connectivity index (χ0n) is 18.4. The molecule has 0 heterocycles.